The molecule has 136 valence electrons. The number of benzene rings is 2. The number of hydrogen-bond donors (Lipinski definition) is 3. The first-order valence-electron chi connectivity index (χ1n) is 7.55. The summed E-state index contributed by atoms with van der Waals surface area (Å²) in [6, 6.07) is 7.54. The van der Waals surface area contributed by atoms with Crippen molar-refractivity contribution in [2.75, 3.05) is 32.0 Å². The second-order valence-electron chi connectivity index (χ2n) is 5.22. The van der Waals surface area contributed by atoms with E-state index in [1.807, 2.05) is 0 Å². The van der Waals surface area contributed by atoms with Crippen LogP contribution in [0.4, 0.5) is 16.2 Å². The van der Waals surface area contributed by atoms with Crippen LogP contribution >= 0.6 is 0 Å². The molecule has 0 aliphatic rings. The van der Waals surface area contributed by atoms with Gasteiger partial charge in [-0.05, 0) is 12.1 Å². The van der Waals surface area contributed by atoms with E-state index in [2.05, 4.69) is 15.6 Å². The summed E-state index contributed by atoms with van der Waals surface area (Å²) in [6.07, 6.45) is 0. The lowest BCUT2D eigenvalue weighted by atomic mass is 10.2. The summed E-state index contributed by atoms with van der Waals surface area (Å²) in [5.74, 6) is 0.697. The highest BCUT2D eigenvalue weighted by Crippen LogP contribution is 2.39. The maximum Gasteiger partial charge on any atom is 0.417 e. The van der Waals surface area contributed by atoms with E-state index in [0.29, 0.717) is 39.7 Å². The Kier molecular flexibility index (Phi) is 4.70. The number of hydrogen-bond acceptors (Lipinski definition) is 6. The second-order valence-corrected chi connectivity index (χ2v) is 5.22. The van der Waals surface area contributed by atoms with Crippen LogP contribution in [-0.4, -0.2) is 32.3 Å². The summed E-state index contributed by atoms with van der Waals surface area (Å²) in [5, 5.41) is 5.34. The summed E-state index contributed by atoms with van der Waals surface area (Å²) in [6.45, 7) is 0. The van der Waals surface area contributed by atoms with E-state index in [1.54, 1.807) is 30.3 Å². The van der Waals surface area contributed by atoms with Gasteiger partial charge in [0.25, 0.3) is 0 Å². The number of aromatic nitrogens is 1. The Morgan fingerprint density at radius 2 is 1.62 bits per heavy atom. The smallest absolute Gasteiger partial charge is 0.417 e. The SMILES string of the molecule is COc1cc(NC(=O)Nc2ccc3[nH]c(=O)oc3c2)cc(OC)c1OC. The first-order chi connectivity index (χ1) is 12.5. The minimum absolute atomic E-state index is 0.348. The number of ether oxygens (including phenoxy) is 3. The molecule has 9 nitrogen and oxygen atoms in total. The second kappa shape index (κ2) is 7.09. The molecule has 2 amide bonds. The Morgan fingerprint density at radius 1 is 0.962 bits per heavy atom. The maximum atomic E-state index is 12.2. The van der Waals surface area contributed by atoms with Gasteiger partial charge in [-0.3, -0.25) is 4.98 Å². The van der Waals surface area contributed by atoms with E-state index in [-0.39, 0.29) is 0 Å². The number of carbonyl (C=O) groups is 1. The molecule has 0 bridgehead atoms. The molecule has 0 fully saturated rings. The lowest BCUT2D eigenvalue weighted by molar-refractivity contribution is 0.262. The maximum absolute atomic E-state index is 12.2. The molecular weight excluding hydrogens is 342 g/mol. The van der Waals surface area contributed by atoms with Crippen molar-refractivity contribution >= 4 is 28.5 Å². The Morgan fingerprint density at radius 3 is 2.23 bits per heavy atom. The number of H-pyrrole nitrogens is 1. The number of amides is 2. The molecule has 2 aromatic carbocycles. The summed E-state index contributed by atoms with van der Waals surface area (Å²) >= 11 is 0. The van der Waals surface area contributed by atoms with Crippen molar-refractivity contribution in [3.05, 3.63) is 40.9 Å². The Labute approximate surface area is 147 Å². The molecule has 0 aliphatic heterocycles. The zero-order chi connectivity index (χ0) is 18.7. The van der Waals surface area contributed by atoms with Gasteiger partial charge < -0.3 is 29.3 Å². The molecule has 0 unspecified atom stereocenters. The summed E-state index contributed by atoms with van der Waals surface area (Å²) in [5.41, 5.74) is 1.81. The van der Waals surface area contributed by atoms with Crippen LogP contribution in [0.25, 0.3) is 11.1 Å². The first kappa shape index (κ1) is 17.2. The lowest BCUT2D eigenvalue weighted by Gasteiger charge is -2.15. The predicted molar refractivity (Wildman–Crippen MR) is 95.6 cm³/mol. The van der Waals surface area contributed by atoms with Gasteiger partial charge in [0, 0.05) is 23.9 Å². The van der Waals surface area contributed by atoms with Gasteiger partial charge in [-0.25, -0.2) is 9.59 Å². The van der Waals surface area contributed by atoms with Gasteiger partial charge in [-0.1, -0.05) is 0 Å². The van der Waals surface area contributed by atoms with Crippen LogP contribution in [-0.2, 0) is 0 Å². The molecule has 0 atom stereocenters. The molecule has 0 saturated heterocycles. The van der Waals surface area contributed by atoms with E-state index < -0.39 is 11.8 Å². The van der Waals surface area contributed by atoms with Crippen LogP contribution in [0, 0.1) is 0 Å². The van der Waals surface area contributed by atoms with E-state index in [1.165, 1.54) is 21.3 Å². The van der Waals surface area contributed by atoms with Crippen LogP contribution in [0.2, 0.25) is 0 Å². The van der Waals surface area contributed by atoms with E-state index >= 15 is 0 Å². The topological polar surface area (TPSA) is 115 Å². The molecule has 1 aromatic heterocycles. The summed E-state index contributed by atoms with van der Waals surface area (Å²) in [4.78, 5) is 25.9. The third-order valence-electron chi connectivity index (χ3n) is 3.60. The average Bonchev–Trinajstić information content (AvgIpc) is 2.99. The third kappa shape index (κ3) is 3.41. The Balaban J connectivity index is 1.79. The number of aromatic amines is 1. The first-order valence-corrected chi connectivity index (χ1v) is 7.55. The number of carbonyl (C=O) groups excluding carboxylic acids is 1. The molecule has 3 aromatic rings. The lowest BCUT2D eigenvalue weighted by Crippen LogP contribution is -2.19. The van der Waals surface area contributed by atoms with Gasteiger partial charge in [0.05, 0.1) is 32.5 Å². The zero-order valence-electron chi connectivity index (χ0n) is 14.3. The van der Waals surface area contributed by atoms with Crippen LogP contribution < -0.4 is 30.6 Å². The fourth-order valence-corrected chi connectivity index (χ4v) is 2.47. The Bertz CT molecular complexity index is 982. The quantitative estimate of drug-likeness (QED) is 0.645. The van der Waals surface area contributed by atoms with Crippen LogP contribution in [0.1, 0.15) is 0 Å². The zero-order valence-corrected chi connectivity index (χ0v) is 14.3. The Hall–Kier alpha value is -3.62. The molecule has 3 N–H and O–H groups in total. The monoisotopic (exact) mass is 359 g/mol. The minimum Gasteiger partial charge on any atom is -0.493 e. The molecular formula is C17H17N3O6. The standard InChI is InChI=1S/C17H17N3O6/c1-23-13-7-10(8-14(24-2)15(13)25-3)19-16(21)18-9-4-5-11-12(6-9)26-17(22)20-11/h4-8H,1-3H3,(H,20,22)(H2,18,19,21). The number of methoxy groups -OCH3 is 3. The van der Waals surface area contributed by atoms with E-state index in [4.69, 9.17) is 18.6 Å². The molecule has 1 heterocycles. The van der Waals surface area contributed by atoms with Gasteiger partial charge in [0.1, 0.15) is 0 Å². The number of fused-ring (bicyclic) bond motifs is 1. The van der Waals surface area contributed by atoms with Crippen molar-refractivity contribution in [2.45, 2.75) is 0 Å². The minimum atomic E-state index is -0.556. The van der Waals surface area contributed by atoms with Crippen molar-refractivity contribution < 1.29 is 23.4 Å². The number of anilines is 2. The van der Waals surface area contributed by atoms with Gasteiger partial charge in [-0.15, -0.1) is 0 Å². The summed E-state index contributed by atoms with van der Waals surface area (Å²) in [7, 11) is 4.47. The van der Waals surface area contributed by atoms with Crippen molar-refractivity contribution in [2.24, 2.45) is 0 Å². The van der Waals surface area contributed by atoms with Gasteiger partial charge in [0.2, 0.25) is 5.75 Å². The highest BCUT2D eigenvalue weighted by atomic mass is 16.5. The van der Waals surface area contributed by atoms with Crippen LogP contribution in [0.3, 0.4) is 0 Å². The molecule has 26 heavy (non-hydrogen) atoms. The number of urea groups is 1. The van der Waals surface area contributed by atoms with Crippen molar-refractivity contribution in [1.29, 1.82) is 0 Å². The molecule has 3 rings (SSSR count). The molecule has 0 aliphatic carbocycles. The fraction of sp³-hybridized carbons (Fsp3) is 0.176. The van der Waals surface area contributed by atoms with Crippen LogP contribution in [0.5, 0.6) is 17.2 Å². The molecule has 0 radical (unpaired) electrons. The highest BCUT2D eigenvalue weighted by molar-refractivity contribution is 6.01. The molecule has 9 heteroatoms. The fourth-order valence-electron chi connectivity index (χ4n) is 2.47. The summed E-state index contributed by atoms with van der Waals surface area (Å²) < 4.78 is 20.7. The largest absolute Gasteiger partial charge is 0.493 e. The van der Waals surface area contributed by atoms with E-state index in [9.17, 15) is 9.59 Å². The van der Waals surface area contributed by atoms with Crippen molar-refractivity contribution in [3.63, 3.8) is 0 Å². The molecule has 0 saturated carbocycles. The van der Waals surface area contributed by atoms with Gasteiger partial charge in [-0.2, -0.15) is 0 Å². The number of rotatable bonds is 5. The van der Waals surface area contributed by atoms with Gasteiger partial charge >= 0.3 is 11.8 Å². The van der Waals surface area contributed by atoms with E-state index in [0.717, 1.165) is 0 Å². The number of oxazole rings is 1. The average molecular weight is 359 g/mol. The number of nitrogens with one attached hydrogen (secondary N) is 3. The third-order valence-corrected chi connectivity index (χ3v) is 3.60. The predicted octanol–water partition coefficient (Wildman–Crippen LogP) is 2.79. The normalized spacial score (nSPS) is 10.4. The van der Waals surface area contributed by atoms with Crippen LogP contribution in [0.15, 0.2) is 39.5 Å². The highest BCUT2D eigenvalue weighted by Gasteiger charge is 2.14. The molecule has 0 spiro atoms. The van der Waals surface area contributed by atoms with Crippen molar-refractivity contribution in [3.8, 4) is 17.2 Å². The van der Waals surface area contributed by atoms with Gasteiger partial charge in [0.15, 0.2) is 17.1 Å². The van der Waals surface area contributed by atoms with Crippen molar-refractivity contribution in [1.82, 2.24) is 4.98 Å².